The molecule has 2 rings (SSSR count). The number of hydrogen-bond acceptors (Lipinski definition) is 2. The molecule has 1 aromatic carbocycles. The summed E-state index contributed by atoms with van der Waals surface area (Å²) in [6.45, 7) is 5.54. The number of ketones is 2. The average molecular weight is 251 g/mol. The Balaban J connectivity index is 2.35. The predicted molar refractivity (Wildman–Crippen MR) is 67.4 cm³/mol. The fourth-order valence-corrected chi connectivity index (χ4v) is 2.40. The number of benzene rings is 1. The van der Waals surface area contributed by atoms with Crippen LogP contribution in [0.1, 0.15) is 36.7 Å². The number of rotatable bonds is 1. The van der Waals surface area contributed by atoms with Crippen LogP contribution in [-0.4, -0.2) is 11.6 Å². The number of carbonyl (C=O) groups excluding carboxylic acids is 2. The second kappa shape index (κ2) is 3.95. The molecule has 0 saturated heterocycles. The summed E-state index contributed by atoms with van der Waals surface area (Å²) in [5.41, 5.74) is 1.06. The molecule has 2 nitrogen and oxygen atoms in total. The predicted octanol–water partition coefficient (Wildman–Crippen LogP) is 3.31. The van der Waals surface area contributed by atoms with E-state index in [-0.39, 0.29) is 11.6 Å². The van der Waals surface area contributed by atoms with Gasteiger partial charge in [0.05, 0.1) is 5.92 Å². The van der Waals surface area contributed by atoms with Gasteiger partial charge in [0, 0.05) is 16.0 Å². The minimum absolute atomic E-state index is 0.00909. The minimum atomic E-state index is -0.525. The van der Waals surface area contributed by atoms with Gasteiger partial charge in [0.2, 0.25) is 0 Å². The van der Waals surface area contributed by atoms with Crippen molar-refractivity contribution in [2.45, 2.75) is 27.2 Å². The Morgan fingerprint density at radius 2 is 2.00 bits per heavy atom. The van der Waals surface area contributed by atoms with Crippen molar-refractivity contribution in [3.05, 3.63) is 34.3 Å². The zero-order valence-corrected chi connectivity index (χ0v) is 11.0. The van der Waals surface area contributed by atoms with Gasteiger partial charge in [-0.15, -0.1) is 0 Å². The van der Waals surface area contributed by atoms with Crippen molar-refractivity contribution in [3.63, 3.8) is 0 Å². The number of halogens is 1. The number of Topliss-reactive ketones (excluding diaryl/α,β-unsaturated/α-hetero) is 2. The van der Waals surface area contributed by atoms with E-state index in [4.69, 9.17) is 11.6 Å². The molecule has 0 radical (unpaired) electrons. The quantitative estimate of drug-likeness (QED) is 0.717. The van der Waals surface area contributed by atoms with E-state index in [0.717, 1.165) is 5.56 Å². The van der Waals surface area contributed by atoms with Gasteiger partial charge in [0.15, 0.2) is 5.78 Å². The van der Waals surface area contributed by atoms with Crippen LogP contribution in [-0.2, 0) is 11.2 Å². The molecule has 0 saturated carbocycles. The van der Waals surface area contributed by atoms with Crippen molar-refractivity contribution in [3.8, 4) is 0 Å². The molecule has 17 heavy (non-hydrogen) atoms. The van der Waals surface area contributed by atoms with Crippen LogP contribution < -0.4 is 0 Å². The second-order valence-corrected chi connectivity index (χ2v) is 5.97. The molecule has 1 aliphatic rings. The molecule has 0 amide bonds. The zero-order chi connectivity index (χ0) is 12.8. The topological polar surface area (TPSA) is 34.1 Å². The lowest BCUT2D eigenvalue weighted by Gasteiger charge is -2.20. The summed E-state index contributed by atoms with van der Waals surface area (Å²) in [7, 11) is 0. The highest BCUT2D eigenvalue weighted by Crippen LogP contribution is 2.33. The van der Waals surface area contributed by atoms with Gasteiger partial charge >= 0.3 is 0 Å². The maximum atomic E-state index is 12.2. The number of carbonyl (C=O) groups is 2. The van der Waals surface area contributed by atoms with E-state index in [0.29, 0.717) is 17.0 Å². The van der Waals surface area contributed by atoms with Gasteiger partial charge in [-0.05, 0) is 30.2 Å². The molecule has 1 aliphatic carbocycles. The molecule has 90 valence electrons. The summed E-state index contributed by atoms with van der Waals surface area (Å²) in [6, 6.07) is 5.20. The third-order valence-electron chi connectivity index (χ3n) is 3.13. The summed E-state index contributed by atoms with van der Waals surface area (Å²) in [5, 5.41) is 0.611. The van der Waals surface area contributed by atoms with E-state index in [1.54, 1.807) is 18.2 Å². The lowest BCUT2D eigenvalue weighted by molar-refractivity contribution is -0.128. The first-order chi connectivity index (χ1) is 7.80. The fourth-order valence-electron chi connectivity index (χ4n) is 2.21. The standard InChI is InChI=1S/C14H15ClO2/c1-14(2,3)13(17)11-7-8-6-9(15)4-5-10(8)12(11)16/h4-6,11H,7H2,1-3H3. The Morgan fingerprint density at radius 3 is 2.59 bits per heavy atom. The number of hydrogen-bond donors (Lipinski definition) is 0. The van der Waals surface area contributed by atoms with Crippen LogP contribution in [0.25, 0.3) is 0 Å². The van der Waals surface area contributed by atoms with Crippen molar-refractivity contribution in [2.24, 2.45) is 11.3 Å². The van der Waals surface area contributed by atoms with Crippen molar-refractivity contribution in [1.29, 1.82) is 0 Å². The molecule has 0 aliphatic heterocycles. The highest BCUT2D eigenvalue weighted by Gasteiger charge is 2.40. The van der Waals surface area contributed by atoms with Gasteiger partial charge in [-0.1, -0.05) is 32.4 Å². The largest absolute Gasteiger partial charge is 0.298 e. The minimum Gasteiger partial charge on any atom is -0.298 e. The maximum absolute atomic E-state index is 12.2. The summed E-state index contributed by atoms with van der Waals surface area (Å²) in [6.07, 6.45) is 0.491. The molecule has 0 spiro atoms. The van der Waals surface area contributed by atoms with Gasteiger partial charge in [0.1, 0.15) is 5.78 Å². The van der Waals surface area contributed by atoms with E-state index in [2.05, 4.69) is 0 Å². The number of fused-ring (bicyclic) bond motifs is 1. The van der Waals surface area contributed by atoms with Gasteiger partial charge in [-0.25, -0.2) is 0 Å². The van der Waals surface area contributed by atoms with E-state index in [1.807, 2.05) is 20.8 Å². The Kier molecular flexibility index (Phi) is 2.86. The van der Waals surface area contributed by atoms with E-state index < -0.39 is 11.3 Å². The summed E-state index contributed by atoms with van der Waals surface area (Å²) in [4.78, 5) is 24.3. The summed E-state index contributed by atoms with van der Waals surface area (Å²) in [5.74, 6) is -0.574. The molecule has 0 fully saturated rings. The maximum Gasteiger partial charge on any atom is 0.173 e. The third-order valence-corrected chi connectivity index (χ3v) is 3.36. The molecule has 0 bridgehead atoms. The summed E-state index contributed by atoms with van der Waals surface area (Å²) < 4.78 is 0. The molecule has 1 atom stereocenters. The van der Waals surface area contributed by atoms with Gasteiger partial charge in [-0.2, -0.15) is 0 Å². The van der Waals surface area contributed by atoms with Crippen molar-refractivity contribution in [2.75, 3.05) is 0 Å². The molecule has 1 unspecified atom stereocenters. The van der Waals surface area contributed by atoms with Crippen LogP contribution >= 0.6 is 11.6 Å². The normalized spacial score (nSPS) is 19.3. The van der Waals surface area contributed by atoms with Crippen molar-refractivity contribution >= 4 is 23.2 Å². The van der Waals surface area contributed by atoms with E-state index in [1.165, 1.54) is 0 Å². The molecule has 0 heterocycles. The monoisotopic (exact) mass is 250 g/mol. The highest BCUT2D eigenvalue weighted by atomic mass is 35.5. The zero-order valence-electron chi connectivity index (χ0n) is 10.2. The molecule has 1 aromatic rings. The summed E-state index contributed by atoms with van der Waals surface area (Å²) >= 11 is 5.89. The third kappa shape index (κ3) is 2.14. The Bertz CT molecular complexity index is 497. The van der Waals surface area contributed by atoms with E-state index in [9.17, 15) is 9.59 Å². The van der Waals surface area contributed by atoms with Crippen molar-refractivity contribution in [1.82, 2.24) is 0 Å². The Labute approximate surface area is 106 Å². The van der Waals surface area contributed by atoms with Gasteiger partial charge < -0.3 is 0 Å². The Morgan fingerprint density at radius 1 is 1.35 bits per heavy atom. The Hall–Kier alpha value is -1.15. The van der Waals surface area contributed by atoms with Gasteiger partial charge in [-0.3, -0.25) is 9.59 Å². The van der Waals surface area contributed by atoms with Crippen LogP contribution in [0.3, 0.4) is 0 Å². The molecule has 0 aromatic heterocycles. The van der Waals surface area contributed by atoms with Crippen molar-refractivity contribution < 1.29 is 9.59 Å². The molecular weight excluding hydrogens is 236 g/mol. The first-order valence-corrected chi connectivity index (χ1v) is 6.05. The van der Waals surface area contributed by atoms with Crippen LogP contribution in [0, 0.1) is 11.3 Å². The molecular formula is C14H15ClO2. The van der Waals surface area contributed by atoms with Gasteiger partial charge in [0.25, 0.3) is 0 Å². The lowest BCUT2D eigenvalue weighted by Crippen LogP contribution is -2.31. The fraction of sp³-hybridized carbons (Fsp3) is 0.429. The van der Waals surface area contributed by atoms with Crippen LogP contribution in [0.4, 0.5) is 0 Å². The van der Waals surface area contributed by atoms with Crippen LogP contribution in [0.15, 0.2) is 18.2 Å². The van der Waals surface area contributed by atoms with Crippen LogP contribution in [0.5, 0.6) is 0 Å². The first-order valence-electron chi connectivity index (χ1n) is 5.67. The SMILES string of the molecule is CC(C)(C)C(=O)C1Cc2cc(Cl)ccc2C1=O. The first kappa shape index (κ1) is 12.3. The second-order valence-electron chi connectivity index (χ2n) is 5.54. The smallest absolute Gasteiger partial charge is 0.173 e. The molecule has 0 N–H and O–H groups in total. The van der Waals surface area contributed by atoms with Crippen LogP contribution in [0.2, 0.25) is 5.02 Å². The lowest BCUT2D eigenvalue weighted by atomic mass is 9.81. The molecule has 3 heteroatoms. The average Bonchev–Trinajstić information content (AvgIpc) is 2.53. The highest BCUT2D eigenvalue weighted by molar-refractivity contribution is 6.31. The van der Waals surface area contributed by atoms with E-state index >= 15 is 0 Å².